The molecule has 0 N–H and O–H groups in total. The van der Waals surface area contributed by atoms with E-state index < -0.39 is 18.8 Å². The topological polar surface area (TPSA) is 75.9 Å². The van der Waals surface area contributed by atoms with Gasteiger partial charge in [-0.2, -0.15) is 0 Å². The molecule has 23 heavy (non-hydrogen) atoms. The molecule has 0 aromatic carbocycles. The van der Waals surface area contributed by atoms with Gasteiger partial charge < -0.3 is 22.0 Å². The first-order valence-electron chi connectivity index (χ1n) is 6.23. The van der Waals surface area contributed by atoms with Gasteiger partial charge in [0.15, 0.2) is 4.98 Å². The highest BCUT2D eigenvalue weighted by Crippen LogP contribution is 2.16. The highest BCUT2D eigenvalue weighted by molar-refractivity contribution is 6.50. The average molecular weight is 331 g/mol. The fourth-order valence-corrected chi connectivity index (χ4v) is 1.68. The maximum Gasteiger partial charge on any atom is 0.673 e. The summed E-state index contributed by atoms with van der Waals surface area (Å²) in [6.07, 6.45) is 1.50. The predicted molar refractivity (Wildman–Crippen MR) is 74.6 cm³/mol. The minimum Gasteiger partial charge on any atom is -0.462 e. The van der Waals surface area contributed by atoms with E-state index in [9.17, 15) is 26.9 Å². The van der Waals surface area contributed by atoms with E-state index in [1.807, 2.05) is 0 Å². The SMILES string of the molecule is CCOC(=O)c1cc([N+]#N)c(=O)n2ccccc12.F[B-](F)(F)F. The summed E-state index contributed by atoms with van der Waals surface area (Å²) in [5, 5.41) is 8.77. The Morgan fingerprint density at radius 2 is 1.96 bits per heavy atom. The Balaban J connectivity index is 0.000000463. The number of rotatable bonds is 2. The lowest BCUT2D eigenvalue weighted by Gasteiger charge is -2.05. The first-order chi connectivity index (χ1) is 10.7. The normalized spacial score (nSPS) is 10.4. The maximum atomic E-state index is 11.8. The molecule has 11 heteroatoms. The Labute approximate surface area is 127 Å². The molecule has 0 atom stereocenters. The van der Waals surface area contributed by atoms with Crippen molar-refractivity contribution in [3.05, 3.63) is 51.4 Å². The van der Waals surface area contributed by atoms with Crippen molar-refractivity contribution in [1.82, 2.24) is 4.40 Å². The van der Waals surface area contributed by atoms with Gasteiger partial charge in [-0.3, -0.25) is 9.20 Å². The van der Waals surface area contributed by atoms with Crippen LogP contribution in [0.25, 0.3) is 10.5 Å². The Morgan fingerprint density at radius 3 is 2.48 bits per heavy atom. The molecule has 122 valence electrons. The van der Waals surface area contributed by atoms with Gasteiger partial charge in [0.25, 0.3) is 0 Å². The van der Waals surface area contributed by atoms with E-state index in [4.69, 9.17) is 10.1 Å². The average Bonchev–Trinajstić information content (AvgIpc) is 2.46. The minimum atomic E-state index is -6.00. The molecule has 6 nitrogen and oxygen atoms in total. The summed E-state index contributed by atoms with van der Waals surface area (Å²) < 4.78 is 45.1. The molecule has 0 bridgehead atoms. The van der Waals surface area contributed by atoms with Gasteiger partial charge in [0.05, 0.1) is 23.8 Å². The minimum absolute atomic E-state index is 0.185. The molecule has 2 heterocycles. The summed E-state index contributed by atoms with van der Waals surface area (Å²) in [6.45, 7) is 1.91. The monoisotopic (exact) mass is 331 g/mol. The van der Waals surface area contributed by atoms with E-state index in [-0.39, 0.29) is 17.9 Å². The molecule has 0 saturated carbocycles. The number of diazo groups is 1. The molecule has 0 saturated heterocycles. The summed E-state index contributed by atoms with van der Waals surface area (Å²) >= 11 is 0. The van der Waals surface area contributed by atoms with Crippen LogP contribution in [0.4, 0.5) is 23.0 Å². The summed E-state index contributed by atoms with van der Waals surface area (Å²) in [5.41, 5.74) is -0.110. The van der Waals surface area contributed by atoms with Crippen LogP contribution in [-0.4, -0.2) is 24.2 Å². The zero-order valence-electron chi connectivity index (χ0n) is 11.7. The second-order valence-corrected chi connectivity index (χ2v) is 4.02. The molecule has 2 aromatic rings. The second kappa shape index (κ2) is 7.39. The van der Waals surface area contributed by atoms with Crippen molar-refractivity contribution < 1.29 is 26.8 Å². The van der Waals surface area contributed by atoms with Crippen LogP contribution in [0.1, 0.15) is 17.3 Å². The van der Waals surface area contributed by atoms with E-state index in [0.717, 1.165) is 0 Å². The van der Waals surface area contributed by atoms with E-state index in [1.54, 1.807) is 25.1 Å². The summed E-state index contributed by atoms with van der Waals surface area (Å²) in [5.74, 6) is -0.564. The van der Waals surface area contributed by atoms with Crippen LogP contribution in [0.2, 0.25) is 0 Å². The van der Waals surface area contributed by atoms with Gasteiger partial charge in [0, 0.05) is 6.20 Å². The first-order valence-corrected chi connectivity index (χ1v) is 6.23. The largest absolute Gasteiger partial charge is 0.673 e. The number of ether oxygens (including phenoxy) is 1. The van der Waals surface area contributed by atoms with E-state index >= 15 is 0 Å². The molecule has 0 aliphatic rings. The van der Waals surface area contributed by atoms with Crippen molar-refractivity contribution >= 4 is 24.4 Å². The zero-order valence-corrected chi connectivity index (χ0v) is 11.7. The maximum absolute atomic E-state index is 11.8. The van der Waals surface area contributed by atoms with Crippen LogP contribution < -0.4 is 5.56 Å². The van der Waals surface area contributed by atoms with Gasteiger partial charge in [0.1, 0.15) is 0 Å². The number of hydrogen-bond acceptors (Lipinski definition) is 4. The molecule has 0 aliphatic heterocycles. The zero-order chi connectivity index (χ0) is 17.6. The van der Waals surface area contributed by atoms with Crippen LogP contribution in [-0.2, 0) is 4.74 Å². The Hall–Kier alpha value is -2.90. The van der Waals surface area contributed by atoms with Crippen molar-refractivity contribution in [2.45, 2.75) is 6.92 Å². The lowest BCUT2D eigenvalue weighted by Crippen LogP contribution is -2.16. The number of carbonyl (C=O) groups is 1. The molecule has 0 radical (unpaired) electrons. The highest BCUT2D eigenvalue weighted by Gasteiger charge is 2.22. The molecule has 2 aromatic heterocycles. The van der Waals surface area contributed by atoms with Crippen LogP contribution in [0.5, 0.6) is 0 Å². The standard InChI is InChI=1S/C12H10N3O3.BF4/c1-2-18-12(17)8-7-9(14-13)11(16)15-6-4-3-5-10(8)15;2-1(3,4)5/h3-7H,2H2,1H3;/q+1;-1. The quantitative estimate of drug-likeness (QED) is 0.366. The van der Waals surface area contributed by atoms with Crippen LogP contribution in [0.15, 0.2) is 35.3 Å². The number of fused-ring (bicyclic) bond motifs is 1. The molecule has 0 spiro atoms. The van der Waals surface area contributed by atoms with Gasteiger partial charge in [-0.05, 0) is 19.1 Å². The smallest absolute Gasteiger partial charge is 0.462 e. The van der Waals surface area contributed by atoms with Gasteiger partial charge in [0.2, 0.25) is 5.39 Å². The number of aromatic nitrogens is 1. The molecular formula is C12H10BF4N3O3. The molecule has 0 amide bonds. The van der Waals surface area contributed by atoms with Gasteiger partial charge in [-0.1, -0.05) is 6.07 Å². The van der Waals surface area contributed by atoms with E-state index in [2.05, 4.69) is 4.98 Å². The van der Waals surface area contributed by atoms with Crippen LogP contribution in [0.3, 0.4) is 0 Å². The molecule has 0 aliphatic carbocycles. The lowest BCUT2D eigenvalue weighted by atomic mass is 10.2. The van der Waals surface area contributed by atoms with Crippen LogP contribution in [0, 0.1) is 5.39 Å². The molecule has 0 fully saturated rings. The lowest BCUT2D eigenvalue weighted by molar-refractivity contribution is 0.0528. The highest BCUT2D eigenvalue weighted by atomic mass is 19.5. The summed E-state index contributed by atoms with van der Waals surface area (Å²) in [4.78, 5) is 26.5. The van der Waals surface area contributed by atoms with Gasteiger partial charge in [-0.15, -0.1) is 0 Å². The van der Waals surface area contributed by atoms with Gasteiger partial charge in [-0.25, -0.2) is 4.79 Å². The molecule has 0 unspecified atom stereocenters. The fourth-order valence-electron chi connectivity index (χ4n) is 1.68. The van der Waals surface area contributed by atoms with Crippen LogP contribution >= 0.6 is 0 Å². The number of nitrogens with zero attached hydrogens (tertiary/aromatic N) is 3. The Bertz CT molecular complexity index is 808. The second-order valence-electron chi connectivity index (χ2n) is 4.02. The van der Waals surface area contributed by atoms with Crippen molar-refractivity contribution in [3.63, 3.8) is 0 Å². The van der Waals surface area contributed by atoms with Crippen molar-refractivity contribution in [2.24, 2.45) is 0 Å². The predicted octanol–water partition coefficient (Wildman–Crippen LogP) is 3.26. The third kappa shape index (κ3) is 5.10. The number of halogens is 4. The molecule has 2 rings (SSSR count). The molecular weight excluding hydrogens is 321 g/mol. The third-order valence-corrected chi connectivity index (χ3v) is 2.46. The first kappa shape index (κ1) is 18.2. The number of hydrogen-bond donors (Lipinski definition) is 0. The van der Waals surface area contributed by atoms with Crippen molar-refractivity contribution in [2.75, 3.05) is 6.61 Å². The van der Waals surface area contributed by atoms with Gasteiger partial charge >= 0.3 is 24.5 Å². The fraction of sp³-hybridized carbons (Fsp3) is 0.167. The van der Waals surface area contributed by atoms with E-state index in [1.165, 1.54) is 16.7 Å². The number of carbonyl (C=O) groups excluding carboxylic acids is 1. The number of esters is 1. The summed E-state index contributed by atoms with van der Waals surface area (Å²) in [6, 6.07) is 6.18. The summed E-state index contributed by atoms with van der Waals surface area (Å²) in [7, 11) is -6.00. The van der Waals surface area contributed by atoms with E-state index in [0.29, 0.717) is 5.52 Å². The van der Waals surface area contributed by atoms with Crippen molar-refractivity contribution in [3.8, 4) is 0 Å². The number of pyridine rings is 2. The Kier molecular flexibility index (Phi) is 5.84. The Morgan fingerprint density at radius 1 is 1.35 bits per heavy atom. The van der Waals surface area contributed by atoms with Crippen molar-refractivity contribution in [1.29, 1.82) is 5.39 Å². The third-order valence-electron chi connectivity index (χ3n) is 2.46.